The highest BCUT2D eigenvalue weighted by Gasteiger charge is 2.13. The van der Waals surface area contributed by atoms with Crippen molar-refractivity contribution in [2.24, 2.45) is 0 Å². The summed E-state index contributed by atoms with van der Waals surface area (Å²) in [5, 5.41) is 4.00. The van der Waals surface area contributed by atoms with Crippen LogP contribution < -0.4 is 10.5 Å². The van der Waals surface area contributed by atoms with Crippen molar-refractivity contribution < 1.29 is 9.26 Å². The lowest BCUT2D eigenvalue weighted by Crippen LogP contribution is -1.91. The molecule has 1 heterocycles. The fourth-order valence-electron chi connectivity index (χ4n) is 1.90. The van der Waals surface area contributed by atoms with E-state index in [0.29, 0.717) is 17.4 Å². The predicted molar refractivity (Wildman–Crippen MR) is 88.9 cm³/mol. The third kappa shape index (κ3) is 2.85. The number of rotatable bonds is 3. The zero-order valence-electron chi connectivity index (χ0n) is 11.2. The van der Waals surface area contributed by atoms with Crippen molar-refractivity contribution in [2.75, 3.05) is 12.8 Å². The average Bonchev–Trinajstić information content (AvgIpc) is 2.99. The van der Waals surface area contributed by atoms with Crippen LogP contribution in [0.3, 0.4) is 0 Å². The molecule has 6 heteroatoms. The van der Waals surface area contributed by atoms with E-state index in [-0.39, 0.29) is 0 Å². The Kier molecular flexibility index (Phi) is 3.78. The summed E-state index contributed by atoms with van der Waals surface area (Å²) in [7, 11) is 1.63. The first kappa shape index (κ1) is 13.9. The molecule has 3 aromatic rings. The summed E-state index contributed by atoms with van der Waals surface area (Å²) in [6.45, 7) is 0. The molecular formula is C15H12IN3O2. The Bertz CT molecular complexity index is 769. The summed E-state index contributed by atoms with van der Waals surface area (Å²) >= 11 is 2.22. The SMILES string of the molecule is COc1ccc(-c2noc(-c3cc(I)ccc3N)n2)cc1. The number of methoxy groups -OCH3 is 1. The van der Waals surface area contributed by atoms with E-state index < -0.39 is 0 Å². The first-order valence-corrected chi connectivity index (χ1v) is 7.29. The number of nitrogens with zero attached hydrogens (tertiary/aromatic N) is 2. The maximum absolute atomic E-state index is 5.96. The molecule has 0 unspecified atom stereocenters. The predicted octanol–water partition coefficient (Wildman–Crippen LogP) is 3.60. The summed E-state index contributed by atoms with van der Waals surface area (Å²) in [4.78, 5) is 4.41. The van der Waals surface area contributed by atoms with Gasteiger partial charge in [-0.15, -0.1) is 0 Å². The molecule has 0 radical (unpaired) electrons. The molecule has 0 saturated heterocycles. The van der Waals surface area contributed by atoms with Gasteiger partial charge in [0, 0.05) is 14.8 Å². The minimum absolute atomic E-state index is 0.414. The Balaban J connectivity index is 1.97. The number of ether oxygens (including phenoxy) is 1. The van der Waals surface area contributed by atoms with Crippen molar-refractivity contribution in [3.8, 4) is 28.6 Å². The van der Waals surface area contributed by atoms with Gasteiger partial charge in [0.25, 0.3) is 5.89 Å². The second kappa shape index (κ2) is 5.72. The van der Waals surface area contributed by atoms with Crippen LogP contribution in [-0.4, -0.2) is 17.3 Å². The molecule has 3 rings (SSSR count). The minimum Gasteiger partial charge on any atom is -0.497 e. The number of hydrogen-bond acceptors (Lipinski definition) is 5. The highest BCUT2D eigenvalue weighted by molar-refractivity contribution is 14.1. The largest absolute Gasteiger partial charge is 0.497 e. The molecule has 2 aromatic carbocycles. The van der Waals surface area contributed by atoms with E-state index in [2.05, 4.69) is 32.7 Å². The molecule has 0 atom stereocenters. The molecule has 21 heavy (non-hydrogen) atoms. The molecule has 5 nitrogen and oxygen atoms in total. The Morgan fingerprint density at radius 1 is 1.14 bits per heavy atom. The van der Waals surface area contributed by atoms with Gasteiger partial charge in [-0.05, 0) is 65.1 Å². The van der Waals surface area contributed by atoms with E-state index in [9.17, 15) is 0 Å². The lowest BCUT2D eigenvalue weighted by Gasteiger charge is -2.00. The fraction of sp³-hybridized carbons (Fsp3) is 0.0667. The van der Waals surface area contributed by atoms with Crippen molar-refractivity contribution in [1.29, 1.82) is 0 Å². The number of hydrogen-bond donors (Lipinski definition) is 1. The molecule has 0 bridgehead atoms. The zero-order valence-corrected chi connectivity index (χ0v) is 13.4. The molecule has 1 aromatic heterocycles. The van der Waals surface area contributed by atoms with Gasteiger partial charge in [-0.25, -0.2) is 0 Å². The molecule has 106 valence electrons. The average molecular weight is 393 g/mol. The van der Waals surface area contributed by atoms with Crippen LogP contribution in [0.1, 0.15) is 0 Å². The van der Waals surface area contributed by atoms with Gasteiger partial charge in [-0.2, -0.15) is 4.98 Å². The quantitative estimate of drug-likeness (QED) is 0.544. The fourth-order valence-corrected chi connectivity index (χ4v) is 2.40. The summed E-state index contributed by atoms with van der Waals surface area (Å²) in [5.41, 5.74) is 8.17. The molecule has 0 amide bonds. The van der Waals surface area contributed by atoms with Crippen molar-refractivity contribution in [3.05, 3.63) is 46.0 Å². The molecule has 0 aliphatic rings. The van der Waals surface area contributed by atoms with Gasteiger partial charge < -0.3 is 15.0 Å². The van der Waals surface area contributed by atoms with Crippen molar-refractivity contribution >= 4 is 28.3 Å². The van der Waals surface area contributed by atoms with E-state index in [0.717, 1.165) is 20.4 Å². The van der Waals surface area contributed by atoms with Crippen molar-refractivity contribution in [2.45, 2.75) is 0 Å². The van der Waals surface area contributed by atoms with Crippen molar-refractivity contribution in [1.82, 2.24) is 10.1 Å². The van der Waals surface area contributed by atoms with Gasteiger partial charge in [0.05, 0.1) is 12.7 Å². The van der Waals surface area contributed by atoms with Gasteiger partial charge in [0.15, 0.2) is 0 Å². The molecule has 0 aliphatic heterocycles. The summed E-state index contributed by atoms with van der Waals surface area (Å²) in [6.07, 6.45) is 0. The van der Waals surface area contributed by atoms with Gasteiger partial charge in [0.2, 0.25) is 5.82 Å². The van der Waals surface area contributed by atoms with E-state index in [4.69, 9.17) is 15.0 Å². The van der Waals surface area contributed by atoms with Crippen LogP contribution in [0.15, 0.2) is 47.0 Å². The molecule has 2 N–H and O–H groups in total. The molecule has 0 saturated carbocycles. The second-order valence-corrected chi connectivity index (χ2v) is 5.63. The van der Waals surface area contributed by atoms with E-state index >= 15 is 0 Å². The summed E-state index contributed by atoms with van der Waals surface area (Å²) in [5.74, 6) is 1.71. The second-order valence-electron chi connectivity index (χ2n) is 4.38. The third-order valence-corrected chi connectivity index (χ3v) is 3.69. The van der Waals surface area contributed by atoms with Crippen LogP contribution in [0.5, 0.6) is 5.75 Å². The molecule has 0 fully saturated rings. The molecular weight excluding hydrogens is 381 g/mol. The standard InChI is InChI=1S/C15H12IN3O2/c1-20-11-5-2-9(3-6-11)14-18-15(21-19-14)12-8-10(16)4-7-13(12)17/h2-8H,17H2,1H3. The Morgan fingerprint density at radius 2 is 1.90 bits per heavy atom. The van der Waals surface area contributed by atoms with Crippen LogP contribution in [-0.2, 0) is 0 Å². The highest BCUT2D eigenvalue weighted by atomic mass is 127. The number of benzene rings is 2. The van der Waals surface area contributed by atoms with Crippen LogP contribution in [0.25, 0.3) is 22.8 Å². The van der Waals surface area contributed by atoms with Crippen LogP contribution in [0.4, 0.5) is 5.69 Å². The van der Waals surface area contributed by atoms with Gasteiger partial charge in [0.1, 0.15) is 5.75 Å². The normalized spacial score (nSPS) is 10.6. The van der Waals surface area contributed by atoms with Gasteiger partial charge in [-0.3, -0.25) is 0 Å². The third-order valence-electron chi connectivity index (χ3n) is 3.02. The van der Waals surface area contributed by atoms with Crippen molar-refractivity contribution in [3.63, 3.8) is 0 Å². The first-order chi connectivity index (χ1) is 10.2. The maximum Gasteiger partial charge on any atom is 0.260 e. The van der Waals surface area contributed by atoms with Crippen LogP contribution >= 0.6 is 22.6 Å². The Hall–Kier alpha value is -2.09. The molecule has 0 spiro atoms. The lowest BCUT2D eigenvalue weighted by atomic mass is 10.2. The van der Waals surface area contributed by atoms with Crippen LogP contribution in [0.2, 0.25) is 0 Å². The van der Waals surface area contributed by atoms with Crippen LogP contribution in [0, 0.1) is 3.57 Å². The summed E-state index contributed by atoms with van der Waals surface area (Å²) in [6, 6.07) is 13.1. The minimum atomic E-state index is 0.414. The number of aromatic nitrogens is 2. The molecule has 0 aliphatic carbocycles. The number of nitrogen functional groups attached to an aromatic ring is 1. The zero-order chi connectivity index (χ0) is 14.8. The lowest BCUT2D eigenvalue weighted by molar-refractivity contribution is 0.415. The topological polar surface area (TPSA) is 74.2 Å². The Morgan fingerprint density at radius 3 is 2.62 bits per heavy atom. The maximum atomic E-state index is 5.96. The number of halogens is 1. The highest BCUT2D eigenvalue weighted by Crippen LogP contribution is 2.28. The van der Waals surface area contributed by atoms with E-state index in [1.54, 1.807) is 7.11 Å². The number of anilines is 1. The van der Waals surface area contributed by atoms with Gasteiger partial charge in [-0.1, -0.05) is 5.16 Å². The van der Waals surface area contributed by atoms with Gasteiger partial charge >= 0.3 is 0 Å². The summed E-state index contributed by atoms with van der Waals surface area (Å²) < 4.78 is 11.5. The van der Waals surface area contributed by atoms with E-state index in [1.807, 2.05) is 42.5 Å². The monoisotopic (exact) mass is 393 g/mol. The first-order valence-electron chi connectivity index (χ1n) is 6.21. The number of nitrogens with two attached hydrogens (primary N) is 1. The van der Waals surface area contributed by atoms with E-state index in [1.165, 1.54) is 0 Å². The Labute approximate surface area is 135 Å². The smallest absolute Gasteiger partial charge is 0.260 e.